The fourth-order valence-electron chi connectivity index (χ4n) is 6.61. The van der Waals surface area contributed by atoms with Crippen LogP contribution in [0.5, 0.6) is 0 Å². The van der Waals surface area contributed by atoms with Crippen LogP contribution in [0.25, 0.3) is 43.8 Å². The molecule has 52 heavy (non-hydrogen) atoms. The Labute approximate surface area is 344 Å². The van der Waals surface area contributed by atoms with Crippen molar-refractivity contribution < 1.29 is 48.1 Å². The fourth-order valence-corrected chi connectivity index (χ4v) is 6.61. The quantitative estimate of drug-likeness (QED) is 0.117. The number of hydrogen-bond donors (Lipinski definition) is 0. The van der Waals surface area contributed by atoms with Gasteiger partial charge in [0, 0.05) is 0 Å². The zero-order chi connectivity index (χ0) is 36.8. The fraction of sp³-hybridized carbons (Fsp3) is 0.375. The molecule has 0 aromatic heterocycles. The summed E-state index contributed by atoms with van der Waals surface area (Å²) in [6.45, 7) is 27.2. The van der Waals surface area contributed by atoms with Gasteiger partial charge in [-0.1, -0.05) is 154 Å². The minimum atomic E-state index is 0. The van der Waals surface area contributed by atoms with Crippen molar-refractivity contribution in [3.63, 3.8) is 0 Å². The van der Waals surface area contributed by atoms with E-state index in [4.69, 9.17) is 0 Å². The Kier molecular flexibility index (Phi) is 17.6. The molecule has 4 heteroatoms. The van der Waals surface area contributed by atoms with Crippen LogP contribution in [0.1, 0.15) is 108 Å². The van der Waals surface area contributed by atoms with E-state index < -0.39 is 0 Å². The zero-order valence-corrected chi connectivity index (χ0v) is 38.7. The second-order valence-corrected chi connectivity index (χ2v) is 26.0. The molecule has 0 heterocycles. The summed E-state index contributed by atoms with van der Waals surface area (Å²) >= 11 is 1.74. The summed E-state index contributed by atoms with van der Waals surface area (Å²) in [5, 5.41) is 5.51. The number of fused-ring (bicyclic) bond motifs is 2. The molecule has 0 aliphatic heterocycles. The third-order valence-electron chi connectivity index (χ3n) is 9.71. The van der Waals surface area contributed by atoms with Gasteiger partial charge in [-0.3, -0.25) is 0 Å². The molecule has 0 aliphatic rings. The first-order valence-electron chi connectivity index (χ1n) is 18.6. The maximum Gasteiger partial charge on any atom is -0.0132 e. The number of rotatable bonds is 6. The van der Waals surface area contributed by atoms with E-state index >= 15 is 0 Å². The van der Waals surface area contributed by atoms with Crippen molar-refractivity contribution in [2.24, 2.45) is 0 Å². The topological polar surface area (TPSA) is 0 Å². The van der Waals surface area contributed by atoms with Gasteiger partial charge < -0.3 is 24.8 Å². The molecule has 1 atom stereocenters. The van der Waals surface area contributed by atoms with Gasteiger partial charge >= 0.3 is 41.9 Å². The minimum Gasteiger partial charge on any atom is -1.00 e. The Hall–Kier alpha value is -2.22. The predicted molar refractivity (Wildman–Crippen MR) is 222 cm³/mol. The van der Waals surface area contributed by atoms with E-state index in [1.807, 2.05) is 0 Å². The van der Waals surface area contributed by atoms with Gasteiger partial charge in [-0.05, 0) is 45.4 Å². The van der Waals surface area contributed by atoms with E-state index in [0.29, 0.717) is 5.92 Å². The van der Waals surface area contributed by atoms with Crippen molar-refractivity contribution >= 4 is 27.0 Å². The van der Waals surface area contributed by atoms with Gasteiger partial charge in [-0.25, -0.2) is 0 Å². The molecule has 0 spiro atoms. The molecule has 6 aromatic carbocycles. The summed E-state index contributed by atoms with van der Waals surface area (Å²) in [6, 6.07) is 38.7. The third-order valence-corrected chi connectivity index (χ3v) is 9.71. The molecular weight excluding hydrogens is 767 g/mol. The SMILES string of the molecule is CCCCC(C)c1cc2c(-c3ccc(C(C)(C)C)cc3)cccc2[cH-]1.C[Si](C)=[Zr+2].Cc1cc2c(-c3ccc(C(C)(C)C)cc3)ccc(C)c2[cH-]1.[Cl-].[Cl-]. The molecular formula is C48H60Cl2SiZr-2. The van der Waals surface area contributed by atoms with Crippen molar-refractivity contribution in [2.45, 2.75) is 118 Å². The normalized spacial score (nSPS) is 11.8. The molecule has 0 amide bonds. The summed E-state index contributed by atoms with van der Waals surface area (Å²) in [7, 11) is 0. The zero-order valence-electron chi connectivity index (χ0n) is 33.8. The van der Waals surface area contributed by atoms with Crippen LogP contribution in [0.15, 0.2) is 103 Å². The van der Waals surface area contributed by atoms with Gasteiger partial charge in [-0.15, -0.1) is 68.6 Å². The minimum absolute atomic E-state index is 0. The van der Waals surface area contributed by atoms with Crippen LogP contribution in [0.2, 0.25) is 13.1 Å². The van der Waals surface area contributed by atoms with E-state index in [9.17, 15) is 0 Å². The summed E-state index contributed by atoms with van der Waals surface area (Å²) in [6.07, 6.45) is 3.86. The molecule has 0 N–H and O–H groups in total. The Bertz CT molecular complexity index is 2010. The third kappa shape index (κ3) is 12.1. The summed E-state index contributed by atoms with van der Waals surface area (Å²) < 4.78 is 0. The van der Waals surface area contributed by atoms with Crippen LogP contribution in [-0.2, 0) is 34.2 Å². The van der Waals surface area contributed by atoms with Crippen molar-refractivity contribution in [3.05, 3.63) is 131 Å². The Balaban J connectivity index is 0.000000319. The Morgan fingerprint density at radius 3 is 1.65 bits per heavy atom. The molecule has 6 rings (SSSR count). The van der Waals surface area contributed by atoms with Crippen LogP contribution < -0.4 is 24.8 Å². The van der Waals surface area contributed by atoms with Gasteiger partial charge in [0.25, 0.3) is 0 Å². The van der Waals surface area contributed by atoms with Crippen molar-refractivity contribution in [1.29, 1.82) is 0 Å². The van der Waals surface area contributed by atoms with Gasteiger partial charge in [0.1, 0.15) is 0 Å². The smallest absolute Gasteiger partial charge is 0.0132 e. The van der Waals surface area contributed by atoms with Crippen LogP contribution in [-0.4, -0.2) is 5.43 Å². The summed E-state index contributed by atoms with van der Waals surface area (Å²) in [5.74, 6) is 0.642. The molecule has 0 nitrogen and oxygen atoms in total. The number of aryl methyl sites for hydroxylation is 2. The van der Waals surface area contributed by atoms with Gasteiger partial charge in [0.15, 0.2) is 0 Å². The molecule has 0 bridgehead atoms. The molecule has 0 saturated heterocycles. The average Bonchev–Trinajstić information content (AvgIpc) is 3.67. The number of unbranched alkanes of at least 4 members (excludes halogenated alkanes) is 1. The standard InChI is InChI=1S/C25H31.C21H23.C2H6Si.2ClH.Zr/c1-6-7-9-18(2)21-16-20-10-8-11-23(24(20)17-21)19-12-14-22(15-13-19)25(3,4)5;1-14-12-19-15(2)6-11-18(20(19)13-14)16-7-9-17(10-8-16)21(3,4)5;1-3-2;;;/h8,10-18H,6-7,9H2,1-5H3;6-13H,1-5H3;1-2H3;2*1H;/q2*-1;;;;+2/p-2. The van der Waals surface area contributed by atoms with Crippen LogP contribution in [0, 0.1) is 13.8 Å². The first-order valence-corrected chi connectivity index (χ1v) is 24.8. The van der Waals surface area contributed by atoms with Crippen LogP contribution in [0.4, 0.5) is 0 Å². The summed E-state index contributed by atoms with van der Waals surface area (Å²) in [5.41, 5.74) is 12.9. The molecule has 0 fully saturated rings. The maximum atomic E-state index is 2.42. The number of benzene rings is 4. The second kappa shape index (κ2) is 19.9. The molecule has 6 aromatic rings. The molecule has 0 aliphatic carbocycles. The largest absolute Gasteiger partial charge is 1.00 e. The van der Waals surface area contributed by atoms with Gasteiger partial charge in [-0.2, -0.15) is 12.1 Å². The maximum absolute atomic E-state index is 2.42. The monoisotopic (exact) mass is 824 g/mol. The molecule has 0 saturated carbocycles. The van der Waals surface area contributed by atoms with Gasteiger partial charge in [0.05, 0.1) is 0 Å². The van der Waals surface area contributed by atoms with Crippen molar-refractivity contribution in [3.8, 4) is 22.3 Å². The van der Waals surface area contributed by atoms with E-state index in [-0.39, 0.29) is 41.1 Å². The molecule has 1 unspecified atom stereocenters. The van der Waals surface area contributed by atoms with Crippen molar-refractivity contribution in [1.82, 2.24) is 0 Å². The van der Waals surface area contributed by atoms with Crippen molar-refractivity contribution in [2.75, 3.05) is 0 Å². The average molecular weight is 827 g/mol. The summed E-state index contributed by atoms with van der Waals surface area (Å²) in [4.78, 5) is 0. The van der Waals surface area contributed by atoms with E-state index in [1.165, 1.54) is 90.9 Å². The first-order chi connectivity index (χ1) is 23.5. The Morgan fingerprint density at radius 1 is 0.673 bits per heavy atom. The van der Waals surface area contributed by atoms with Crippen LogP contribution in [0.3, 0.4) is 0 Å². The van der Waals surface area contributed by atoms with E-state index in [2.05, 4.69) is 185 Å². The van der Waals surface area contributed by atoms with Crippen LogP contribution >= 0.6 is 0 Å². The first kappa shape index (κ1) is 45.9. The second-order valence-electron chi connectivity index (χ2n) is 16.6. The Morgan fingerprint density at radius 2 is 1.17 bits per heavy atom. The van der Waals surface area contributed by atoms with E-state index in [0.717, 1.165) is 0 Å². The molecule has 0 radical (unpaired) electrons. The van der Waals surface area contributed by atoms with E-state index in [1.54, 1.807) is 23.3 Å². The van der Waals surface area contributed by atoms with Gasteiger partial charge in [0.2, 0.25) is 0 Å². The predicted octanol–water partition coefficient (Wildman–Crippen LogP) is 8.75. The molecule has 276 valence electrons. The number of hydrogen-bond acceptors (Lipinski definition) is 0. The number of halogens is 2.